The highest BCUT2D eigenvalue weighted by Gasteiger charge is 2.25. The van der Waals surface area contributed by atoms with Crippen molar-refractivity contribution < 1.29 is 14.4 Å². The minimum atomic E-state index is -0.772. The number of hydrogen-bond donors (Lipinski definition) is 1. The van der Waals surface area contributed by atoms with Crippen LogP contribution in [0.2, 0.25) is 0 Å². The van der Waals surface area contributed by atoms with Gasteiger partial charge in [0.25, 0.3) is 0 Å². The maximum atomic E-state index is 10.8. The molecule has 0 heterocycles. The summed E-state index contributed by atoms with van der Waals surface area (Å²) in [7, 11) is 0. The Morgan fingerprint density at radius 2 is 0.704 bits per heavy atom. The van der Waals surface area contributed by atoms with Crippen LogP contribution in [0.25, 0.3) is 0 Å². The van der Waals surface area contributed by atoms with E-state index in [9.17, 15) is 4.79 Å². The normalized spacial score (nSPS) is 12.2. The molecule has 0 aromatic heterocycles. The first kappa shape index (κ1) is 52.6. The quantitative estimate of drug-likeness (QED) is 0.0539. The Bertz CT molecular complexity index is 868. The predicted octanol–water partition coefficient (Wildman–Crippen LogP) is 16.7. The van der Waals surface area contributed by atoms with E-state index in [4.69, 9.17) is 5.11 Å². The van der Waals surface area contributed by atoms with Crippen molar-refractivity contribution in [3.8, 4) is 0 Å². The summed E-state index contributed by atoms with van der Waals surface area (Å²) in [6.07, 6.45) is 44.8. The molecule has 0 amide bonds. The van der Waals surface area contributed by atoms with Crippen molar-refractivity contribution in [1.82, 2.24) is 0 Å². The van der Waals surface area contributed by atoms with Crippen molar-refractivity contribution in [2.75, 3.05) is 26.2 Å². The summed E-state index contributed by atoms with van der Waals surface area (Å²) in [5.74, 6) is -0.558. The molecule has 1 N–H and O–H groups in total. The van der Waals surface area contributed by atoms with Crippen LogP contribution < -0.4 is 0 Å². The molecule has 0 aliphatic heterocycles. The van der Waals surface area contributed by atoms with Crippen molar-refractivity contribution in [2.24, 2.45) is 5.92 Å². The van der Waals surface area contributed by atoms with Crippen LogP contribution in [0.1, 0.15) is 258 Å². The van der Waals surface area contributed by atoms with Crippen LogP contribution in [0.15, 0.2) is 24.3 Å². The Morgan fingerprint density at radius 1 is 0.444 bits per heavy atom. The van der Waals surface area contributed by atoms with Crippen molar-refractivity contribution in [3.63, 3.8) is 0 Å². The highest BCUT2D eigenvalue weighted by atomic mass is 16.4. The van der Waals surface area contributed by atoms with Crippen LogP contribution >= 0.6 is 0 Å². The molecule has 3 heteroatoms. The number of unbranched alkanes of at least 4 members (excludes halogenated alkanes) is 26. The molecule has 1 atom stereocenters. The summed E-state index contributed by atoms with van der Waals surface area (Å²) in [4.78, 5) is 10.8. The average molecular weight is 757 g/mol. The lowest BCUT2D eigenvalue weighted by Gasteiger charge is -2.40. The van der Waals surface area contributed by atoms with Crippen molar-refractivity contribution in [2.45, 2.75) is 253 Å². The number of carboxylic acid groups (broad SMARTS) is 1. The second-order valence-electron chi connectivity index (χ2n) is 17.8. The van der Waals surface area contributed by atoms with E-state index in [0.29, 0.717) is 5.92 Å². The number of hydrogen-bond acceptors (Lipinski definition) is 1. The first-order valence-electron chi connectivity index (χ1n) is 24.4. The van der Waals surface area contributed by atoms with Gasteiger partial charge in [-0.25, -0.2) is 0 Å². The molecule has 0 bridgehead atoms. The maximum Gasteiger partial charge on any atom is 0.310 e. The Morgan fingerprint density at radius 3 is 0.944 bits per heavy atom. The number of benzene rings is 1. The first-order chi connectivity index (χ1) is 26.2. The molecule has 0 fully saturated rings. The first-order valence-corrected chi connectivity index (χ1v) is 24.4. The molecule has 54 heavy (non-hydrogen) atoms. The third-order valence-electron chi connectivity index (χ3n) is 11.9. The summed E-state index contributed by atoms with van der Waals surface area (Å²) in [5, 5.41) is 8.85. The van der Waals surface area contributed by atoms with Gasteiger partial charge in [0, 0.05) is 0 Å². The molecule has 0 aliphatic carbocycles. The highest BCUT2D eigenvalue weighted by Crippen LogP contribution is 2.22. The van der Waals surface area contributed by atoms with E-state index in [1.54, 1.807) is 6.92 Å². The number of nitrogens with zero attached hydrogens (tertiary/aromatic N) is 1. The third-order valence-corrected chi connectivity index (χ3v) is 11.9. The molecular weight excluding hydrogens is 659 g/mol. The molecule has 0 spiro atoms. The highest BCUT2D eigenvalue weighted by molar-refractivity contribution is 5.75. The molecule has 0 saturated heterocycles. The average Bonchev–Trinajstić information content (AvgIpc) is 3.16. The second kappa shape index (κ2) is 38.5. The fraction of sp³-hybridized carbons (Fsp3) is 0.863. The standard InChI is InChI=1S/C38H80N.C13H18O2/c1-5-9-13-17-21-22-23-24-25-26-30-34-38-39(35-31-27-18-14-10-6-2,36-32-28-19-15-11-7-3)37-33-29-20-16-12-8-4;1-9(2)8-11-4-6-12(7-5-11)10(3)13(14)15/h5-38H2,1-4H3;4-7,9-10H,8H2,1-3H3,(H,14,15)/q+1;. The van der Waals surface area contributed by atoms with Crippen molar-refractivity contribution in [3.05, 3.63) is 35.4 Å². The van der Waals surface area contributed by atoms with E-state index in [1.165, 1.54) is 229 Å². The lowest BCUT2D eigenvalue weighted by atomic mass is 9.97. The molecule has 1 aromatic carbocycles. The fourth-order valence-corrected chi connectivity index (χ4v) is 8.20. The Hall–Kier alpha value is -1.35. The molecule has 318 valence electrons. The van der Waals surface area contributed by atoms with Crippen LogP contribution in [-0.2, 0) is 11.2 Å². The third kappa shape index (κ3) is 31.8. The van der Waals surface area contributed by atoms with Gasteiger partial charge in [-0.05, 0) is 81.8 Å². The number of rotatable bonds is 38. The zero-order valence-electron chi connectivity index (χ0n) is 38.0. The Labute approximate surface area is 340 Å². The molecular formula is C51H98NO2+. The summed E-state index contributed by atoms with van der Waals surface area (Å²) in [5.41, 5.74) is 2.14. The minimum Gasteiger partial charge on any atom is -0.481 e. The number of carboxylic acids is 1. The van der Waals surface area contributed by atoms with Crippen LogP contribution in [0.5, 0.6) is 0 Å². The largest absolute Gasteiger partial charge is 0.481 e. The Kier molecular flexibility index (Phi) is 37.6. The van der Waals surface area contributed by atoms with Gasteiger partial charge in [-0.1, -0.05) is 207 Å². The van der Waals surface area contributed by atoms with Gasteiger partial charge in [-0.3, -0.25) is 4.79 Å². The summed E-state index contributed by atoms with van der Waals surface area (Å²) in [6, 6.07) is 7.87. The van der Waals surface area contributed by atoms with Gasteiger partial charge in [0.15, 0.2) is 0 Å². The maximum absolute atomic E-state index is 10.8. The van der Waals surface area contributed by atoms with Gasteiger partial charge in [-0.2, -0.15) is 0 Å². The van der Waals surface area contributed by atoms with Gasteiger partial charge < -0.3 is 9.59 Å². The topological polar surface area (TPSA) is 37.3 Å². The predicted molar refractivity (Wildman–Crippen MR) is 242 cm³/mol. The SMILES string of the molecule is CC(C)Cc1ccc(C(C)C(=O)O)cc1.CCCCCCCCCCCCCC[N+](CCCCCCCC)(CCCCCCCC)CCCCCCCC. The van der Waals surface area contributed by atoms with Crippen LogP contribution in [0, 0.1) is 5.92 Å². The lowest BCUT2D eigenvalue weighted by Crippen LogP contribution is -2.50. The molecule has 0 saturated carbocycles. The van der Waals surface area contributed by atoms with E-state index < -0.39 is 11.9 Å². The minimum absolute atomic E-state index is 0.418. The lowest BCUT2D eigenvalue weighted by molar-refractivity contribution is -0.929. The van der Waals surface area contributed by atoms with Gasteiger partial charge in [-0.15, -0.1) is 0 Å². The number of quaternary nitrogens is 1. The van der Waals surface area contributed by atoms with Gasteiger partial charge in [0.05, 0.1) is 32.1 Å². The summed E-state index contributed by atoms with van der Waals surface area (Å²) < 4.78 is 1.48. The van der Waals surface area contributed by atoms with Crippen LogP contribution in [0.3, 0.4) is 0 Å². The van der Waals surface area contributed by atoms with Gasteiger partial charge in [0.2, 0.25) is 0 Å². The number of aliphatic carboxylic acids is 1. The number of carbonyl (C=O) groups is 1. The molecule has 1 unspecified atom stereocenters. The van der Waals surface area contributed by atoms with Crippen LogP contribution in [-0.4, -0.2) is 41.7 Å². The van der Waals surface area contributed by atoms with E-state index >= 15 is 0 Å². The summed E-state index contributed by atoms with van der Waals surface area (Å²) >= 11 is 0. The molecule has 1 aromatic rings. The Balaban J connectivity index is 0.00000155. The zero-order chi connectivity index (χ0) is 40.0. The van der Waals surface area contributed by atoms with E-state index in [2.05, 4.69) is 41.5 Å². The van der Waals surface area contributed by atoms with Crippen molar-refractivity contribution in [1.29, 1.82) is 0 Å². The molecule has 0 aliphatic rings. The fourth-order valence-electron chi connectivity index (χ4n) is 8.20. The van der Waals surface area contributed by atoms with Crippen molar-refractivity contribution >= 4 is 5.97 Å². The summed E-state index contributed by atoms with van der Waals surface area (Å²) in [6.45, 7) is 21.3. The van der Waals surface area contributed by atoms with E-state index in [1.807, 2.05) is 24.3 Å². The molecule has 1 rings (SSSR count). The molecule has 0 radical (unpaired) electrons. The second-order valence-corrected chi connectivity index (χ2v) is 17.8. The molecule has 3 nitrogen and oxygen atoms in total. The van der Waals surface area contributed by atoms with E-state index in [0.717, 1.165) is 12.0 Å². The smallest absolute Gasteiger partial charge is 0.310 e. The monoisotopic (exact) mass is 757 g/mol. The van der Waals surface area contributed by atoms with E-state index in [-0.39, 0.29) is 0 Å². The van der Waals surface area contributed by atoms with Crippen LogP contribution in [0.4, 0.5) is 0 Å². The zero-order valence-corrected chi connectivity index (χ0v) is 38.0. The van der Waals surface area contributed by atoms with Gasteiger partial charge >= 0.3 is 5.97 Å². The van der Waals surface area contributed by atoms with Gasteiger partial charge in [0.1, 0.15) is 0 Å².